The van der Waals surface area contributed by atoms with Crippen molar-refractivity contribution in [2.75, 3.05) is 5.32 Å². The minimum absolute atomic E-state index is 0.0250. The number of carbonyl (C=O) groups excluding carboxylic acids is 1. The van der Waals surface area contributed by atoms with E-state index in [9.17, 15) is 18.0 Å². The monoisotopic (exact) mass is 464 g/mol. The molecule has 3 nitrogen and oxygen atoms in total. The Morgan fingerprint density at radius 3 is 2.59 bits per heavy atom. The first-order valence-electron chi connectivity index (χ1n) is 8.97. The molecule has 0 radical (unpaired) electrons. The molecule has 3 rings (SSSR count). The quantitative estimate of drug-likeness (QED) is 0.553. The Kier molecular flexibility index (Phi) is 5.72. The van der Waals surface area contributed by atoms with Crippen LogP contribution in [-0.4, -0.2) is 10.8 Å². The van der Waals surface area contributed by atoms with Crippen LogP contribution in [-0.2, 0) is 11.0 Å². The second-order valence-corrected chi connectivity index (χ2v) is 8.80. The third-order valence-electron chi connectivity index (χ3n) is 4.65. The summed E-state index contributed by atoms with van der Waals surface area (Å²) in [7, 11) is 0. The summed E-state index contributed by atoms with van der Waals surface area (Å²) >= 11 is 3.37. The van der Waals surface area contributed by atoms with E-state index in [-0.39, 0.29) is 22.6 Å². The molecular weight excluding hydrogens is 445 g/mol. The molecule has 0 spiro atoms. The van der Waals surface area contributed by atoms with Gasteiger partial charge in [0.1, 0.15) is 5.82 Å². The van der Waals surface area contributed by atoms with Gasteiger partial charge >= 0.3 is 6.18 Å². The number of anilines is 1. The third-order valence-corrected chi connectivity index (χ3v) is 5.14. The third kappa shape index (κ3) is 5.15. The number of aromatic nitrogens is 1. The number of pyridine rings is 1. The predicted molar refractivity (Wildman–Crippen MR) is 111 cm³/mol. The van der Waals surface area contributed by atoms with Crippen molar-refractivity contribution in [3.05, 3.63) is 76.0 Å². The number of alkyl halides is 3. The maximum atomic E-state index is 13.3. The number of halogens is 4. The maximum Gasteiger partial charge on any atom is 0.417 e. The first kappa shape index (κ1) is 21.3. The number of rotatable bonds is 4. The molecule has 1 N–H and O–H groups in total. The molecule has 0 unspecified atom stereocenters. The van der Waals surface area contributed by atoms with E-state index in [0.717, 1.165) is 16.7 Å². The topological polar surface area (TPSA) is 42.0 Å². The minimum atomic E-state index is -4.53. The molecule has 7 heteroatoms. The van der Waals surface area contributed by atoms with Gasteiger partial charge in [-0.15, -0.1) is 0 Å². The van der Waals surface area contributed by atoms with Gasteiger partial charge in [-0.05, 0) is 41.2 Å². The molecule has 1 heterocycles. The van der Waals surface area contributed by atoms with E-state index < -0.39 is 11.7 Å². The number of ketones is 1. The minimum Gasteiger partial charge on any atom is -0.343 e. The number of hydrogen-bond donors (Lipinski definition) is 1. The molecule has 1 aromatic heterocycles. The van der Waals surface area contributed by atoms with Gasteiger partial charge in [-0.25, -0.2) is 4.98 Å². The summed E-state index contributed by atoms with van der Waals surface area (Å²) in [6.07, 6.45) is -1.23. The van der Waals surface area contributed by atoms with Gasteiger partial charge in [-0.2, -0.15) is 13.2 Å². The Bertz CT molecular complexity index is 1010. The Balaban J connectivity index is 2.05. The van der Waals surface area contributed by atoms with Crippen LogP contribution in [0.15, 0.2) is 59.4 Å². The van der Waals surface area contributed by atoms with Crippen LogP contribution < -0.4 is 5.32 Å². The molecule has 0 amide bonds. The van der Waals surface area contributed by atoms with E-state index >= 15 is 0 Å². The summed E-state index contributed by atoms with van der Waals surface area (Å²) < 4.78 is 40.6. The summed E-state index contributed by atoms with van der Waals surface area (Å²) in [4.78, 5) is 16.1. The zero-order valence-corrected chi connectivity index (χ0v) is 17.6. The van der Waals surface area contributed by atoms with E-state index in [1.807, 2.05) is 19.9 Å². The van der Waals surface area contributed by atoms with Crippen molar-refractivity contribution in [1.29, 1.82) is 0 Å². The molecule has 2 aromatic rings. The molecule has 152 valence electrons. The zero-order valence-electron chi connectivity index (χ0n) is 16.0. The van der Waals surface area contributed by atoms with Crippen molar-refractivity contribution in [3.8, 4) is 0 Å². The molecule has 1 aromatic carbocycles. The zero-order chi connectivity index (χ0) is 21.4. The van der Waals surface area contributed by atoms with Gasteiger partial charge < -0.3 is 5.32 Å². The van der Waals surface area contributed by atoms with E-state index in [0.29, 0.717) is 29.7 Å². The van der Waals surface area contributed by atoms with Gasteiger partial charge in [-0.1, -0.05) is 48.5 Å². The van der Waals surface area contributed by atoms with Crippen molar-refractivity contribution in [3.63, 3.8) is 0 Å². The molecule has 29 heavy (non-hydrogen) atoms. The van der Waals surface area contributed by atoms with Gasteiger partial charge in [0.15, 0.2) is 5.78 Å². The number of hydrogen-bond acceptors (Lipinski definition) is 3. The largest absolute Gasteiger partial charge is 0.417 e. The highest BCUT2D eigenvalue weighted by molar-refractivity contribution is 9.10. The fourth-order valence-corrected chi connectivity index (χ4v) is 3.76. The predicted octanol–water partition coefficient (Wildman–Crippen LogP) is 6.61. The van der Waals surface area contributed by atoms with Gasteiger partial charge in [0.25, 0.3) is 0 Å². The van der Waals surface area contributed by atoms with Crippen LogP contribution in [0.25, 0.3) is 5.57 Å². The second kappa shape index (κ2) is 7.78. The van der Waals surface area contributed by atoms with E-state index in [1.54, 1.807) is 18.2 Å². The van der Waals surface area contributed by atoms with Crippen LogP contribution in [0.3, 0.4) is 0 Å². The first-order chi connectivity index (χ1) is 13.4. The Morgan fingerprint density at radius 2 is 1.97 bits per heavy atom. The summed E-state index contributed by atoms with van der Waals surface area (Å²) in [6, 6.07) is 8.18. The molecule has 1 aliphatic rings. The van der Waals surface area contributed by atoms with Crippen LogP contribution in [0.1, 0.15) is 43.4 Å². The lowest BCUT2D eigenvalue weighted by Crippen LogP contribution is -2.25. The Labute approximate surface area is 175 Å². The maximum absolute atomic E-state index is 13.3. The lowest BCUT2D eigenvalue weighted by Gasteiger charge is -2.29. The van der Waals surface area contributed by atoms with Crippen LogP contribution in [0.4, 0.5) is 19.0 Å². The fraction of sp³-hybridized carbons (Fsp3) is 0.273. The van der Waals surface area contributed by atoms with Gasteiger partial charge in [0.05, 0.1) is 5.56 Å². The number of nitrogens with zero attached hydrogens (tertiary/aromatic N) is 1. The molecule has 0 saturated carbocycles. The SMILES string of the molecule is C=C(c1cccc(Br)c1)c1cc(C(F)(F)F)cnc1NC1=CC(=O)CC(C)(C)C1. The van der Waals surface area contributed by atoms with E-state index in [1.165, 1.54) is 6.08 Å². The van der Waals surface area contributed by atoms with Crippen molar-refractivity contribution in [2.24, 2.45) is 5.41 Å². The fourth-order valence-electron chi connectivity index (χ4n) is 3.36. The van der Waals surface area contributed by atoms with Crippen LogP contribution in [0.5, 0.6) is 0 Å². The average molecular weight is 465 g/mol. The van der Waals surface area contributed by atoms with Crippen molar-refractivity contribution in [2.45, 2.75) is 32.9 Å². The summed E-state index contributed by atoms with van der Waals surface area (Å²) in [5.74, 6) is 0.211. The molecule has 0 aliphatic heterocycles. The van der Waals surface area contributed by atoms with Crippen LogP contribution >= 0.6 is 15.9 Å². The summed E-state index contributed by atoms with van der Waals surface area (Å²) in [5.41, 5.74) is 0.827. The van der Waals surface area contributed by atoms with Crippen molar-refractivity contribution in [1.82, 2.24) is 4.98 Å². The lowest BCUT2D eigenvalue weighted by atomic mass is 9.79. The number of benzene rings is 1. The molecule has 1 aliphatic carbocycles. The van der Waals surface area contributed by atoms with Gasteiger partial charge in [0.2, 0.25) is 0 Å². The molecule has 0 bridgehead atoms. The Hall–Kier alpha value is -2.41. The van der Waals surface area contributed by atoms with Crippen molar-refractivity contribution < 1.29 is 18.0 Å². The van der Waals surface area contributed by atoms with Crippen LogP contribution in [0.2, 0.25) is 0 Å². The first-order valence-corrected chi connectivity index (χ1v) is 9.77. The van der Waals surface area contributed by atoms with E-state index in [2.05, 4.69) is 32.8 Å². The Morgan fingerprint density at radius 1 is 1.24 bits per heavy atom. The average Bonchev–Trinajstić information content (AvgIpc) is 2.58. The standard InChI is InChI=1S/C22H20BrF3N2O/c1-13(14-5-4-6-16(23)7-14)19-8-15(22(24,25)26)12-27-20(19)28-17-9-18(29)11-21(2,3)10-17/h4-9,12H,1,10-11H2,2-3H3,(H,27,28). The van der Waals surface area contributed by atoms with Crippen LogP contribution in [0, 0.1) is 5.41 Å². The number of allylic oxidation sites excluding steroid dienone is 2. The highest BCUT2D eigenvalue weighted by Crippen LogP contribution is 2.38. The van der Waals surface area contributed by atoms with Crippen molar-refractivity contribution >= 4 is 33.1 Å². The molecule has 0 saturated heterocycles. The molecule has 0 fully saturated rings. The smallest absolute Gasteiger partial charge is 0.343 e. The summed E-state index contributed by atoms with van der Waals surface area (Å²) in [5, 5.41) is 3.07. The summed E-state index contributed by atoms with van der Waals surface area (Å²) in [6.45, 7) is 7.95. The van der Waals surface area contributed by atoms with Gasteiger partial charge in [-0.3, -0.25) is 4.79 Å². The second-order valence-electron chi connectivity index (χ2n) is 7.89. The molecule has 0 atom stereocenters. The molecular formula is C22H20BrF3N2O. The number of carbonyl (C=O) groups is 1. The highest BCUT2D eigenvalue weighted by atomic mass is 79.9. The normalized spacial score (nSPS) is 16.3. The lowest BCUT2D eigenvalue weighted by molar-refractivity contribution is -0.137. The van der Waals surface area contributed by atoms with E-state index in [4.69, 9.17) is 0 Å². The van der Waals surface area contributed by atoms with Gasteiger partial charge in [0, 0.05) is 34.4 Å². The highest BCUT2D eigenvalue weighted by Gasteiger charge is 2.33. The number of nitrogens with one attached hydrogen (secondary N) is 1.